The van der Waals surface area contributed by atoms with E-state index < -0.39 is 5.97 Å². The molecule has 0 unspecified atom stereocenters. The lowest BCUT2D eigenvalue weighted by molar-refractivity contribution is -0.133. The van der Waals surface area contributed by atoms with Crippen molar-refractivity contribution < 1.29 is 14.7 Å². The first-order chi connectivity index (χ1) is 15.0. The molecule has 0 saturated carbocycles. The Labute approximate surface area is 186 Å². The van der Waals surface area contributed by atoms with Crippen LogP contribution in [0.4, 0.5) is 0 Å². The molecule has 0 saturated heterocycles. The number of carbonyl (C=O) groups excluding carboxylic acids is 1. The molecule has 160 valence electrons. The highest BCUT2D eigenvalue weighted by Crippen LogP contribution is 2.37. The van der Waals surface area contributed by atoms with Crippen LogP contribution in [0.3, 0.4) is 0 Å². The summed E-state index contributed by atoms with van der Waals surface area (Å²) < 4.78 is 0. The Balaban J connectivity index is 1.51. The Bertz CT molecular complexity index is 1110. The van der Waals surface area contributed by atoms with Gasteiger partial charge in [-0.2, -0.15) is 0 Å². The van der Waals surface area contributed by atoms with E-state index in [1.54, 1.807) is 0 Å². The summed E-state index contributed by atoms with van der Waals surface area (Å²) in [6.07, 6.45) is 4.65. The molecule has 2 N–H and O–H groups in total. The number of fused-ring (bicyclic) bond motifs is 2. The van der Waals surface area contributed by atoms with E-state index >= 15 is 0 Å². The number of nitrogens with one attached hydrogen (secondary N) is 1. The molecule has 0 bridgehead atoms. The van der Waals surface area contributed by atoms with Crippen molar-refractivity contribution >= 4 is 34.5 Å². The molecule has 3 aromatic rings. The highest BCUT2D eigenvalue weighted by Gasteiger charge is 2.21. The first-order valence-corrected chi connectivity index (χ1v) is 11.6. The van der Waals surface area contributed by atoms with E-state index in [0.717, 1.165) is 53.6 Å². The second-order valence-corrected chi connectivity index (χ2v) is 9.02. The Morgan fingerprint density at radius 2 is 1.97 bits per heavy atom. The summed E-state index contributed by atoms with van der Waals surface area (Å²) in [4.78, 5) is 29.7. The maximum absolute atomic E-state index is 12.8. The molecule has 0 spiro atoms. The Hall–Kier alpha value is -2.86. The molecule has 1 aliphatic carbocycles. The minimum Gasteiger partial charge on any atom is -0.481 e. The number of carboxylic acid groups (broad SMARTS) is 1. The summed E-state index contributed by atoms with van der Waals surface area (Å²) in [5, 5.41) is 13.1. The second-order valence-electron chi connectivity index (χ2n) is 8.03. The first-order valence-electron chi connectivity index (χ1n) is 10.7. The molecule has 1 aliphatic rings. The number of hydrogen-bond acceptors (Lipinski definition) is 4. The van der Waals surface area contributed by atoms with E-state index in [-0.39, 0.29) is 17.7 Å². The van der Waals surface area contributed by atoms with Crippen LogP contribution in [-0.2, 0) is 24.1 Å². The molecule has 0 fully saturated rings. The van der Waals surface area contributed by atoms with Crippen LogP contribution in [-0.4, -0.2) is 33.8 Å². The average molecular weight is 435 g/mol. The fourth-order valence-electron chi connectivity index (χ4n) is 4.07. The van der Waals surface area contributed by atoms with E-state index in [9.17, 15) is 9.59 Å². The zero-order valence-corrected chi connectivity index (χ0v) is 18.4. The Morgan fingerprint density at radius 3 is 2.74 bits per heavy atom. The van der Waals surface area contributed by atoms with Gasteiger partial charge in [-0.3, -0.25) is 14.6 Å². The maximum Gasteiger partial charge on any atom is 0.313 e. The molecule has 2 aromatic carbocycles. The number of thioether (sulfide) groups is 1. The largest absolute Gasteiger partial charge is 0.481 e. The number of rotatable bonds is 8. The van der Waals surface area contributed by atoms with Crippen molar-refractivity contribution in [2.24, 2.45) is 0 Å². The first kappa shape index (κ1) is 21.4. The van der Waals surface area contributed by atoms with Gasteiger partial charge in [0.1, 0.15) is 0 Å². The molecule has 1 heterocycles. The Morgan fingerprint density at radius 1 is 1.16 bits per heavy atom. The van der Waals surface area contributed by atoms with Crippen LogP contribution in [0.5, 0.6) is 0 Å². The monoisotopic (exact) mass is 434 g/mol. The molecule has 1 amide bonds. The Kier molecular flexibility index (Phi) is 6.56. The predicted molar refractivity (Wildman–Crippen MR) is 124 cm³/mol. The standard InChI is InChI=1S/C25H26N2O3S/c1-16(10-11-17-6-3-2-4-7-17)26-25(30)18-12-13-20-22(14-18)27-21-9-5-8-19(21)24(20)31-15-23(28)29/h2-4,6-7,12-14,16H,5,8-11,15H2,1H3,(H,26,30)(H,28,29)/t16-/m1/s1. The summed E-state index contributed by atoms with van der Waals surface area (Å²) in [6.45, 7) is 2.02. The van der Waals surface area contributed by atoms with E-state index in [0.29, 0.717) is 5.56 Å². The van der Waals surface area contributed by atoms with Gasteiger partial charge in [0.15, 0.2) is 0 Å². The second kappa shape index (κ2) is 9.52. The molecule has 5 nitrogen and oxygen atoms in total. The van der Waals surface area contributed by atoms with Gasteiger partial charge in [-0.25, -0.2) is 0 Å². The van der Waals surface area contributed by atoms with Gasteiger partial charge >= 0.3 is 5.97 Å². The number of amides is 1. The number of aromatic nitrogens is 1. The van der Waals surface area contributed by atoms with Crippen LogP contribution in [0.15, 0.2) is 53.4 Å². The highest BCUT2D eigenvalue weighted by atomic mass is 32.2. The molecular weight excluding hydrogens is 408 g/mol. The lowest BCUT2D eigenvalue weighted by Gasteiger charge is -2.15. The lowest BCUT2D eigenvalue weighted by atomic mass is 10.0. The maximum atomic E-state index is 12.8. The van der Waals surface area contributed by atoms with Gasteiger partial charge in [0, 0.05) is 27.6 Å². The van der Waals surface area contributed by atoms with Gasteiger partial charge in [-0.05, 0) is 62.3 Å². The number of pyridine rings is 1. The van der Waals surface area contributed by atoms with Crippen molar-refractivity contribution in [3.63, 3.8) is 0 Å². The van der Waals surface area contributed by atoms with Crippen molar-refractivity contribution in [3.05, 3.63) is 70.9 Å². The third-order valence-corrected chi connectivity index (χ3v) is 6.80. The SMILES string of the molecule is C[C@H](CCc1ccccc1)NC(=O)c1ccc2c(SCC(=O)O)c3c(nc2c1)CCC3. The van der Waals surface area contributed by atoms with E-state index in [1.807, 2.05) is 43.3 Å². The van der Waals surface area contributed by atoms with Crippen molar-refractivity contribution in [1.82, 2.24) is 10.3 Å². The van der Waals surface area contributed by atoms with Crippen molar-refractivity contribution in [2.45, 2.75) is 50.0 Å². The van der Waals surface area contributed by atoms with Crippen LogP contribution in [0.1, 0.15) is 46.9 Å². The number of nitrogens with zero attached hydrogens (tertiary/aromatic N) is 1. The summed E-state index contributed by atoms with van der Waals surface area (Å²) in [5.41, 5.74) is 4.82. The zero-order chi connectivity index (χ0) is 21.8. The van der Waals surface area contributed by atoms with Crippen LogP contribution < -0.4 is 5.32 Å². The molecule has 6 heteroatoms. The minimum absolute atomic E-state index is 0.0206. The third kappa shape index (κ3) is 5.07. The number of carbonyl (C=O) groups is 2. The number of aliphatic carboxylic acids is 1. The van der Waals surface area contributed by atoms with Gasteiger partial charge in [0.2, 0.25) is 0 Å². The molecule has 0 radical (unpaired) electrons. The molecule has 1 aromatic heterocycles. The molecular formula is C25H26N2O3S. The fraction of sp³-hybridized carbons (Fsp3) is 0.320. The number of hydrogen-bond donors (Lipinski definition) is 2. The normalized spacial score (nSPS) is 13.7. The van der Waals surface area contributed by atoms with Gasteiger partial charge in [-0.1, -0.05) is 36.4 Å². The van der Waals surface area contributed by atoms with Gasteiger partial charge in [0.25, 0.3) is 5.91 Å². The molecule has 1 atom stereocenters. The van der Waals surface area contributed by atoms with Gasteiger partial charge < -0.3 is 10.4 Å². The smallest absolute Gasteiger partial charge is 0.313 e. The summed E-state index contributed by atoms with van der Waals surface area (Å²) in [6, 6.07) is 15.9. The van der Waals surface area contributed by atoms with E-state index in [2.05, 4.69) is 17.4 Å². The molecule has 31 heavy (non-hydrogen) atoms. The highest BCUT2D eigenvalue weighted by molar-refractivity contribution is 8.00. The summed E-state index contributed by atoms with van der Waals surface area (Å²) >= 11 is 1.35. The van der Waals surface area contributed by atoms with Gasteiger partial charge in [0.05, 0.1) is 11.3 Å². The summed E-state index contributed by atoms with van der Waals surface area (Å²) in [7, 11) is 0. The van der Waals surface area contributed by atoms with Crippen molar-refractivity contribution in [1.29, 1.82) is 0 Å². The number of aryl methyl sites for hydroxylation is 2. The quantitative estimate of drug-likeness (QED) is 0.505. The van der Waals surface area contributed by atoms with Crippen molar-refractivity contribution in [3.8, 4) is 0 Å². The lowest BCUT2D eigenvalue weighted by Crippen LogP contribution is -2.32. The van der Waals surface area contributed by atoms with Crippen molar-refractivity contribution in [2.75, 3.05) is 5.75 Å². The number of benzene rings is 2. The molecule has 4 rings (SSSR count). The average Bonchev–Trinajstić information content (AvgIpc) is 3.23. The van der Waals surface area contributed by atoms with Crippen LogP contribution >= 0.6 is 11.8 Å². The topological polar surface area (TPSA) is 79.3 Å². The van der Waals surface area contributed by atoms with Crippen LogP contribution in [0.2, 0.25) is 0 Å². The minimum atomic E-state index is -0.831. The molecule has 0 aliphatic heterocycles. The van der Waals surface area contributed by atoms with Crippen LogP contribution in [0, 0.1) is 0 Å². The fourth-order valence-corrected chi connectivity index (χ4v) is 5.06. The number of carboxylic acids is 1. The van der Waals surface area contributed by atoms with Gasteiger partial charge in [-0.15, -0.1) is 11.8 Å². The summed E-state index contributed by atoms with van der Waals surface area (Å²) in [5.74, 6) is -0.918. The van der Waals surface area contributed by atoms with E-state index in [1.165, 1.54) is 22.9 Å². The predicted octanol–water partition coefficient (Wildman–Crippen LogP) is 4.65. The third-order valence-electron chi connectivity index (χ3n) is 5.65. The van der Waals surface area contributed by atoms with Crippen LogP contribution in [0.25, 0.3) is 10.9 Å². The van der Waals surface area contributed by atoms with E-state index in [4.69, 9.17) is 10.1 Å². The zero-order valence-electron chi connectivity index (χ0n) is 17.6.